The van der Waals surface area contributed by atoms with Gasteiger partial charge in [0.1, 0.15) is 21.0 Å². The maximum Gasteiger partial charge on any atom is 0.322 e. The molecule has 0 saturated carbocycles. The molecule has 1 aliphatic rings. The van der Waals surface area contributed by atoms with Crippen LogP contribution in [0.25, 0.3) is 4.85 Å². The third kappa shape index (κ3) is 13.7. The smallest absolute Gasteiger partial charge is 0.322 e. The van der Waals surface area contributed by atoms with Gasteiger partial charge >= 0.3 is 17.9 Å². The van der Waals surface area contributed by atoms with Gasteiger partial charge in [0.15, 0.2) is 12.4 Å². The van der Waals surface area contributed by atoms with E-state index in [1.54, 1.807) is 13.8 Å². The Morgan fingerprint density at radius 1 is 1.02 bits per heavy atom. The van der Waals surface area contributed by atoms with E-state index in [-0.39, 0.29) is 57.9 Å². The molecule has 0 bridgehead atoms. The van der Waals surface area contributed by atoms with E-state index in [1.165, 1.54) is 37.4 Å². The average molecular weight is 666 g/mol. The Hall–Kier alpha value is -1.96. The summed E-state index contributed by atoms with van der Waals surface area (Å²) in [7, 11) is 0. The monoisotopic (exact) mass is 665 g/mol. The number of rotatable bonds is 18. The maximum absolute atomic E-state index is 13.2. The number of carbonyl (C=O) groups excluding carboxylic acids is 4. The number of hydrogen-bond acceptors (Lipinski definition) is 14. The van der Waals surface area contributed by atoms with Crippen molar-refractivity contribution in [1.29, 1.82) is 0 Å². The van der Waals surface area contributed by atoms with Crippen LogP contribution in [-0.2, 0) is 52.3 Å². The number of hydrogen-bond donors (Lipinski definition) is 0. The van der Waals surface area contributed by atoms with Gasteiger partial charge in [0.25, 0.3) is 6.47 Å². The Morgan fingerprint density at radius 2 is 1.65 bits per heavy atom. The van der Waals surface area contributed by atoms with Crippen molar-refractivity contribution in [2.45, 2.75) is 96.2 Å². The van der Waals surface area contributed by atoms with E-state index < -0.39 is 46.7 Å². The van der Waals surface area contributed by atoms with Gasteiger partial charge in [-0.05, 0) is 19.6 Å². The summed E-state index contributed by atoms with van der Waals surface area (Å²) in [5.74, 6) is -1.12. The fourth-order valence-electron chi connectivity index (χ4n) is 4.34. The summed E-state index contributed by atoms with van der Waals surface area (Å²) in [6.07, 6.45) is -2.63. The Morgan fingerprint density at radius 3 is 2.23 bits per heavy atom. The van der Waals surface area contributed by atoms with E-state index in [2.05, 4.69) is 4.85 Å². The van der Waals surface area contributed by atoms with Crippen LogP contribution in [0.15, 0.2) is 0 Å². The van der Waals surface area contributed by atoms with Crippen molar-refractivity contribution in [3.05, 3.63) is 11.4 Å². The molecule has 1 aliphatic heterocycles. The minimum absolute atomic E-state index is 0.0509. The largest absolute Gasteiger partial charge is 0.468 e. The summed E-state index contributed by atoms with van der Waals surface area (Å²) in [5.41, 5.74) is -0.987. The van der Waals surface area contributed by atoms with Gasteiger partial charge in [0.05, 0.1) is 45.4 Å². The van der Waals surface area contributed by atoms with Crippen LogP contribution in [0.1, 0.15) is 61.3 Å². The van der Waals surface area contributed by atoms with Gasteiger partial charge in [-0.15, -0.1) is 11.8 Å². The molecule has 1 heterocycles. The average Bonchev–Trinajstić information content (AvgIpc) is 2.92. The molecule has 0 aliphatic carbocycles. The zero-order valence-electron chi connectivity index (χ0n) is 25.8. The predicted octanol–water partition coefficient (Wildman–Crippen LogP) is 3.97. The van der Waals surface area contributed by atoms with Crippen LogP contribution in [0.3, 0.4) is 0 Å². The van der Waals surface area contributed by atoms with Crippen molar-refractivity contribution in [3.8, 4) is 0 Å². The molecule has 7 atom stereocenters. The van der Waals surface area contributed by atoms with E-state index in [0.29, 0.717) is 10.0 Å². The second-order valence-electron chi connectivity index (χ2n) is 10.4. The van der Waals surface area contributed by atoms with E-state index >= 15 is 0 Å². The highest BCUT2D eigenvalue weighted by Crippen LogP contribution is 2.41. The van der Waals surface area contributed by atoms with Gasteiger partial charge < -0.3 is 38.0 Å². The topological polar surface area (TPSA) is 137 Å². The zero-order chi connectivity index (χ0) is 32.6. The molecular formula is C28H43NO11S3. The summed E-state index contributed by atoms with van der Waals surface area (Å²) in [6, 6.07) is 0. The van der Waals surface area contributed by atoms with Gasteiger partial charge in [-0.2, -0.15) is 0 Å². The molecule has 2 unspecified atom stereocenters. The summed E-state index contributed by atoms with van der Waals surface area (Å²) < 4.78 is 37.7. The molecule has 15 heteroatoms. The van der Waals surface area contributed by atoms with Crippen molar-refractivity contribution < 1.29 is 52.3 Å². The lowest BCUT2D eigenvalue weighted by Gasteiger charge is -2.43. The SMILES string of the molecule is [C-]#[N+]C(C)(CCOC=O)CC(C)(SC(=S)SCC)C(=O)OCCOCCO[C@@H]1O[C@H](C)[C@H](C)[C@H](OC(C)=O)[C@@H]1OC(C)=O. The van der Waals surface area contributed by atoms with Crippen LogP contribution in [0, 0.1) is 12.5 Å². The molecule has 0 spiro atoms. The molecule has 1 rings (SSSR count). The first-order valence-electron chi connectivity index (χ1n) is 13.9. The van der Waals surface area contributed by atoms with Gasteiger partial charge in [0, 0.05) is 26.7 Å². The summed E-state index contributed by atoms with van der Waals surface area (Å²) in [6.45, 7) is 19.8. The molecule has 0 amide bonds. The van der Waals surface area contributed by atoms with E-state index in [4.69, 9.17) is 51.9 Å². The summed E-state index contributed by atoms with van der Waals surface area (Å²) in [5, 5.41) is 0. The number of ether oxygens (including phenoxy) is 7. The molecule has 0 radical (unpaired) electrons. The molecule has 244 valence electrons. The fourth-order valence-corrected chi connectivity index (χ4v) is 7.51. The Kier molecular flexibility index (Phi) is 17.7. The third-order valence-electron chi connectivity index (χ3n) is 6.59. The first-order chi connectivity index (χ1) is 20.2. The third-order valence-corrected chi connectivity index (χ3v) is 9.25. The molecule has 0 aromatic carbocycles. The molecule has 0 aromatic rings. The zero-order valence-corrected chi connectivity index (χ0v) is 28.2. The molecular weight excluding hydrogens is 623 g/mol. The van der Waals surface area contributed by atoms with Crippen molar-refractivity contribution >= 4 is 63.7 Å². The molecule has 0 aromatic heterocycles. The predicted molar refractivity (Wildman–Crippen MR) is 165 cm³/mol. The van der Waals surface area contributed by atoms with Gasteiger partial charge in [-0.1, -0.05) is 37.8 Å². The van der Waals surface area contributed by atoms with Crippen molar-refractivity contribution in [2.24, 2.45) is 5.92 Å². The van der Waals surface area contributed by atoms with E-state index in [9.17, 15) is 19.2 Å². The van der Waals surface area contributed by atoms with Gasteiger partial charge in [-0.25, -0.2) is 6.57 Å². The van der Waals surface area contributed by atoms with Gasteiger partial charge in [-0.3, -0.25) is 19.2 Å². The molecule has 1 fully saturated rings. The first kappa shape index (κ1) is 39.1. The Bertz CT molecular complexity index is 993. The first-order valence-corrected chi connectivity index (χ1v) is 16.1. The quantitative estimate of drug-likeness (QED) is 0.0521. The van der Waals surface area contributed by atoms with Crippen LogP contribution < -0.4 is 0 Å². The Balaban J connectivity index is 2.70. The summed E-state index contributed by atoms with van der Waals surface area (Å²) in [4.78, 5) is 50.9. The summed E-state index contributed by atoms with van der Waals surface area (Å²) >= 11 is 8.04. The van der Waals surface area contributed by atoms with Crippen molar-refractivity contribution in [1.82, 2.24) is 0 Å². The standard InChI is InChI=1S/C28H43NO11S3/c1-9-42-26(41)43-28(7,16-27(6,29-8)10-11-35-17-30)25(33)37-15-13-34-12-14-36-24-23(40-21(5)32)22(39-20(4)31)18(2)19(3)38-24/h17-19,22-24H,9-16H2,1-7H3/t18-,19+,22-,23-,24+,27?,28?/m0/s1. The molecule has 43 heavy (non-hydrogen) atoms. The second-order valence-corrected chi connectivity index (χ2v) is 14.3. The normalized spacial score (nSPS) is 24.4. The van der Waals surface area contributed by atoms with Crippen molar-refractivity contribution in [3.63, 3.8) is 0 Å². The fraction of sp³-hybridized carbons (Fsp3) is 0.786. The van der Waals surface area contributed by atoms with Crippen LogP contribution in [0.4, 0.5) is 0 Å². The number of nitrogens with zero attached hydrogens (tertiary/aromatic N) is 1. The van der Waals surface area contributed by atoms with Gasteiger partial charge in [0.2, 0.25) is 5.54 Å². The number of thiocarbonyl (C=S) groups is 1. The van der Waals surface area contributed by atoms with Crippen LogP contribution in [0.5, 0.6) is 0 Å². The molecule has 1 saturated heterocycles. The second kappa shape index (κ2) is 19.4. The lowest BCUT2D eigenvalue weighted by molar-refractivity contribution is -0.288. The maximum atomic E-state index is 13.2. The number of carbonyl (C=O) groups is 4. The highest BCUT2D eigenvalue weighted by Gasteiger charge is 2.48. The minimum Gasteiger partial charge on any atom is -0.468 e. The van der Waals surface area contributed by atoms with E-state index in [0.717, 1.165) is 5.75 Å². The van der Waals surface area contributed by atoms with Crippen LogP contribution >= 0.6 is 35.7 Å². The van der Waals surface area contributed by atoms with Crippen LogP contribution in [0.2, 0.25) is 0 Å². The Labute approximate surface area is 267 Å². The van der Waals surface area contributed by atoms with Crippen LogP contribution in [-0.4, -0.2) is 102 Å². The highest BCUT2D eigenvalue weighted by molar-refractivity contribution is 8.47. The lowest BCUT2D eigenvalue weighted by Crippen LogP contribution is -2.56. The van der Waals surface area contributed by atoms with Crippen molar-refractivity contribution in [2.75, 3.05) is 38.8 Å². The highest BCUT2D eigenvalue weighted by atomic mass is 32.2. The molecule has 0 N–H and O–H groups in total. The molecule has 12 nitrogen and oxygen atoms in total. The lowest BCUT2D eigenvalue weighted by atomic mass is 9.87. The van der Waals surface area contributed by atoms with E-state index in [1.807, 2.05) is 20.8 Å². The minimum atomic E-state index is -1.15. The number of thioether (sulfide) groups is 2. The number of esters is 3.